The van der Waals surface area contributed by atoms with Gasteiger partial charge in [-0.15, -0.1) is 0 Å². The van der Waals surface area contributed by atoms with Crippen LogP contribution in [0.1, 0.15) is 30.9 Å². The minimum atomic E-state index is -0.107. The van der Waals surface area contributed by atoms with E-state index < -0.39 is 0 Å². The Balaban J connectivity index is 2.96. The molecule has 1 amide bonds. The molecule has 0 saturated carbocycles. The van der Waals surface area contributed by atoms with Crippen molar-refractivity contribution in [3.63, 3.8) is 0 Å². The van der Waals surface area contributed by atoms with Crippen LogP contribution in [0.25, 0.3) is 0 Å². The van der Waals surface area contributed by atoms with E-state index in [2.05, 4.69) is 13.8 Å². The van der Waals surface area contributed by atoms with Gasteiger partial charge in [0, 0.05) is 7.05 Å². The third-order valence-corrected chi connectivity index (χ3v) is 2.66. The SMILES string of the molecule is COc1ccc(CC(=O)N(C)N)cc1C(C)C. The number of amides is 1. The zero-order valence-corrected chi connectivity index (χ0v) is 10.9. The van der Waals surface area contributed by atoms with Gasteiger partial charge in [-0.3, -0.25) is 9.80 Å². The van der Waals surface area contributed by atoms with Crippen LogP contribution in [0, 0.1) is 0 Å². The van der Waals surface area contributed by atoms with Gasteiger partial charge in [-0.05, 0) is 23.1 Å². The van der Waals surface area contributed by atoms with Crippen molar-refractivity contribution in [1.82, 2.24) is 5.01 Å². The lowest BCUT2D eigenvalue weighted by Gasteiger charge is -2.14. The monoisotopic (exact) mass is 236 g/mol. The Morgan fingerprint density at radius 1 is 1.47 bits per heavy atom. The maximum absolute atomic E-state index is 11.5. The molecule has 1 aromatic rings. The number of rotatable bonds is 4. The first-order valence-electron chi connectivity index (χ1n) is 5.63. The van der Waals surface area contributed by atoms with Crippen molar-refractivity contribution in [2.75, 3.05) is 14.2 Å². The fraction of sp³-hybridized carbons (Fsp3) is 0.462. The highest BCUT2D eigenvalue weighted by molar-refractivity contribution is 5.78. The fourth-order valence-electron chi connectivity index (χ4n) is 1.64. The van der Waals surface area contributed by atoms with Crippen molar-refractivity contribution in [1.29, 1.82) is 0 Å². The molecule has 17 heavy (non-hydrogen) atoms. The molecule has 1 rings (SSSR count). The Labute approximate surface area is 102 Å². The molecule has 1 aromatic carbocycles. The Kier molecular flexibility index (Phi) is 4.52. The summed E-state index contributed by atoms with van der Waals surface area (Å²) in [5.74, 6) is 6.51. The molecule has 0 heterocycles. The number of hydrogen-bond acceptors (Lipinski definition) is 3. The lowest BCUT2D eigenvalue weighted by Crippen LogP contribution is -2.34. The van der Waals surface area contributed by atoms with Crippen LogP contribution in [0.15, 0.2) is 18.2 Å². The summed E-state index contributed by atoms with van der Waals surface area (Å²) in [6, 6.07) is 5.80. The maximum atomic E-state index is 11.5. The van der Waals surface area contributed by atoms with Gasteiger partial charge in [-0.2, -0.15) is 0 Å². The van der Waals surface area contributed by atoms with E-state index in [0.29, 0.717) is 12.3 Å². The number of nitrogens with zero attached hydrogens (tertiary/aromatic N) is 1. The first kappa shape index (κ1) is 13.5. The van der Waals surface area contributed by atoms with E-state index in [9.17, 15) is 4.79 Å². The minimum Gasteiger partial charge on any atom is -0.496 e. The molecule has 0 aliphatic carbocycles. The molecule has 0 fully saturated rings. The lowest BCUT2D eigenvalue weighted by atomic mass is 9.98. The van der Waals surface area contributed by atoms with Crippen LogP contribution >= 0.6 is 0 Å². The Morgan fingerprint density at radius 2 is 2.12 bits per heavy atom. The van der Waals surface area contributed by atoms with Crippen LogP contribution in [0.3, 0.4) is 0 Å². The van der Waals surface area contributed by atoms with Crippen molar-refractivity contribution in [2.24, 2.45) is 5.84 Å². The molecule has 4 heteroatoms. The molecule has 0 bridgehead atoms. The van der Waals surface area contributed by atoms with Crippen molar-refractivity contribution in [2.45, 2.75) is 26.2 Å². The molecule has 0 saturated heterocycles. The fourth-order valence-corrected chi connectivity index (χ4v) is 1.64. The van der Waals surface area contributed by atoms with Crippen LogP contribution < -0.4 is 10.6 Å². The highest BCUT2D eigenvalue weighted by atomic mass is 16.5. The molecule has 0 aliphatic rings. The molecule has 4 nitrogen and oxygen atoms in total. The number of benzene rings is 1. The molecule has 0 spiro atoms. The van der Waals surface area contributed by atoms with Gasteiger partial charge < -0.3 is 4.74 Å². The molecule has 0 aliphatic heterocycles. The second-order valence-corrected chi connectivity index (χ2v) is 4.41. The van der Waals surface area contributed by atoms with E-state index in [0.717, 1.165) is 21.9 Å². The van der Waals surface area contributed by atoms with E-state index in [4.69, 9.17) is 10.6 Å². The molecular formula is C13H20N2O2. The molecule has 0 unspecified atom stereocenters. The van der Waals surface area contributed by atoms with E-state index in [1.807, 2.05) is 18.2 Å². The zero-order valence-electron chi connectivity index (χ0n) is 10.9. The third-order valence-electron chi connectivity index (χ3n) is 2.66. The second kappa shape index (κ2) is 5.68. The van der Waals surface area contributed by atoms with Crippen LogP contribution in [0.4, 0.5) is 0 Å². The maximum Gasteiger partial charge on any atom is 0.240 e. The van der Waals surface area contributed by atoms with Crippen LogP contribution in [0.5, 0.6) is 5.75 Å². The summed E-state index contributed by atoms with van der Waals surface area (Å²) in [6.45, 7) is 4.19. The third kappa shape index (κ3) is 3.46. The number of methoxy groups -OCH3 is 1. The van der Waals surface area contributed by atoms with Gasteiger partial charge in [0.05, 0.1) is 13.5 Å². The van der Waals surface area contributed by atoms with Crippen LogP contribution in [-0.4, -0.2) is 25.1 Å². The summed E-state index contributed by atoms with van der Waals surface area (Å²) in [5, 5.41) is 1.11. The molecule has 2 N–H and O–H groups in total. The van der Waals surface area contributed by atoms with E-state index in [-0.39, 0.29) is 5.91 Å². The number of carbonyl (C=O) groups excluding carboxylic acids is 1. The van der Waals surface area contributed by atoms with Crippen molar-refractivity contribution < 1.29 is 9.53 Å². The topological polar surface area (TPSA) is 55.6 Å². The average Bonchev–Trinajstić information content (AvgIpc) is 2.28. The standard InChI is InChI=1S/C13H20N2O2/c1-9(2)11-7-10(5-6-12(11)17-4)8-13(16)15(3)14/h5-7,9H,8,14H2,1-4H3. The Bertz CT molecular complexity index is 400. The summed E-state index contributed by atoms with van der Waals surface area (Å²) < 4.78 is 5.29. The number of hydrazine groups is 1. The van der Waals surface area contributed by atoms with Crippen molar-refractivity contribution >= 4 is 5.91 Å². The lowest BCUT2D eigenvalue weighted by molar-refractivity contribution is -0.129. The Morgan fingerprint density at radius 3 is 2.59 bits per heavy atom. The van der Waals surface area contributed by atoms with Gasteiger partial charge in [0.25, 0.3) is 0 Å². The number of ether oxygens (including phenoxy) is 1. The highest BCUT2D eigenvalue weighted by Crippen LogP contribution is 2.27. The van der Waals surface area contributed by atoms with Crippen molar-refractivity contribution in [3.05, 3.63) is 29.3 Å². The largest absolute Gasteiger partial charge is 0.496 e. The predicted octanol–water partition coefficient (Wildman–Crippen LogP) is 1.69. The second-order valence-electron chi connectivity index (χ2n) is 4.41. The van der Waals surface area contributed by atoms with Gasteiger partial charge in [0.2, 0.25) is 5.91 Å². The number of hydrogen-bond donors (Lipinski definition) is 1. The van der Waals surface area contributed by atoms with E-state index in [1.54, 1.807) is 14.2 Å². The van der Waals surface area contributed by atoms with Gasteiger partial charge in [-0.1, -0.05) is 26.0 Å². The van der Waals surface area contributed by atoms with Gasteiger partial charge in [0.1, 0.15) is 5.75 Å². The number of likely N-dealkylation sites (N-methyl/N-ethyl adjacent to an activating group) is 1. The molecule has 0 radical (unpaired) electrons. The minimum absolute atomic E-state index is 0.107. The first-order valence-corrected chi connectivity index (χ1v) is 5.63. The zero-order chi connectivity index (χ0) is 13.0. The highest BCUT2D eigenvalue weighted by Gasteiger charge is 2.11. The van der Waals surface area contributed by atoms with Crippen molar-refractivity contribution in [3.8, 4) is 5.75 Å². The molecular weight excluding hydrogens is 216 g/mol. The van der Waals surface area contributed by atoms with Gasteiger partial charge in [-0.25, -0.2) is 5.84 Å². The average molecular weight is 236 g/mol. The summed E-state index contributed by atoms with van der Waals surface area (Å²) in [6.07, 6.45) is 0.316. The van der Waals surface area contributed by atoms with Gasteiger partial charge >= 0.3 is 0 Å². The van der Waals surface area contributed by atoms with Crippen LogP contribution in [0.2, 0.25) is 0 Å². The summed E-state index contributed by atoms with van der Waals surface area (Å²) in [4.78, 5) is 11.5. The number of carbonyl (C=O) groups is 1. The first-order chi connectivity index (χ1) is 7.95. The Hall–Kier alpha value is -1.55. The molecule has 0 atom stereocenters. The van der Waals surface area contributed by atoms with E-state index >= 15 is 0 Å². The van der Waals surface area contributed by atoms with E-state index in [1.165, 1.54) is 0 Å². The molecule has 94 valence electrons. The number of nitrogens with two attached hydrogens (primary N) is 1. The normalized spacial score (nSPS) is 10.5. The van der Waals surface area contributed by atoms with Gasteiger partial charge in [0.15, 0.2) is 0 Å². The summed E-state index contributed by atoms with van der Waals surface area (Å²) >= 11 is 0. The van der Waals surface area contributed by atoms with Crippen LogP contribution in [-0.2, 0) is 11.2 Å². The summed E-state index contributed by atoms with van der Waals surface area (Å²) in [7, 11) is 3.20. The predicted molar refractivity (Wildman–Crippen MR) is 67.7 cm³/mol. The smallest absolute Gasteiger partial charge is 0.240 e. The quantitative estimate of drug-likeness (QED) is 0.492. The summed E-state index contributed by atoms with van der Waals surface area (Å²) in [5.41, 5.74) is 2.06. The molecule has 0 aromatic heterocycles.